The van der Waals surface area contributed by atoms with Crippen molar-refractivity contribution in [2.24, 2.45) is 0 Å². The average Bonchev–Trinajstić information content (AvgIpc) is 3.59. The molecule has 10 rings (SSSR count). The SMILES string of the molecule is c1ccc(-c2cccc(N(c3ccccc3)c3cc(-c4nc5ccccc5cc4-c4ccccc4)cc4c3c3ccccc3n4-c3ccccc3)c2)cc1. The van der Waals surface area contributed by atoms with Crippen LogP contribution in [-0.4, -0.2) is 9.55 Å². The fraction of sp³-hybridized carbons (Fsp3) is 0. The third-order valence-electron chi connectivity index (χ3n) is 10.3. The number of benzene rings is 8. The summed E-state index contributed by atoms with van der Waals surface area (Å²) < 4.78 is 2.41. The predicted octanol–water partition coefficient (Wildman–Crippen LogP) is 13.8. The van der Waals surface area contributed by atoms with E-state index in [9.17, 15) is 0 Å². The molecule has 0 amide bonds. The largest absolute Gasteiger partial charge is 0.310 e. The molecule has 0 aliphatic heterocycles. The van der Waals surface area contributed by atoms with Gasteiger partial charge in [-0.3, -0.25) is 0 Å². The molecule has 0 bridgehead atoms. The molecule has 0 saturated carbocycles. The third-order valence-corrected chi connectivity index (χ3v) is 10.3. The van der Waals surface area contributed by atoms with Crippen molar-refractivity contribution in [2.75, 3.05) is 4.90 Å². The quantitative estimate of drug-likeness (QED) is 0.166. The van der Waals surface area contributed by atoms with Gasteiger partial charge in [0.2, 0.25) is 0 Å². The lowest BCUT2D eigenvalue weighted by atomic mass is 9.95. The lowest BCUT2D eigenvalue weighted by Gasteiger charge is -2.28. The lowest BCUT2D eigenvalue weighted by molar-refractivity contribution is 1.18. The van der Waals surface area contributed by atoms with Crippen LogP contribution in [0.1, 0.15) is 0 Å². The molecule has 54 heavy (non-hydrogen) atoms. The van der Waals surface area contributed by atoms with Crippen molar-refractivity contribution in [3.63, 3.8) is 0 Å². The Morgan fingerprint density at radius 1 is 0.407 bits per heavy atom. The molecule has 0 N–H and O–H groups in total. The number of para-hydroxylation sites is 4. The third kappa shape index (κ3) is 5.51. The zero-order valence-corrected chi connectivity index (χ0v) is 29.5. The molecule has 0 radical (unpaired) electrons. The monoisotopic (exact) mass is 689 g/mol. The van der Waals surface area contributed by atoms with Crippen LogP contribution in [-0.2, 0) is 0 Å². The van der Waals surface area contributed by atoms with Crippen molar-refractivity contribution in [3.05, 3.63) is 212 Å². The number of hydrogen-bond acceptors (Lipinski definition) is 2. The molecular formula is C51H35N3. The highest BCUT2D eigenvalue weighted by molar-refractivity contribution is 6.18. The Hall–Kier alpha value is -7.23. The highest BCUT2D eigenvalue weighted by atomic mass is 15.1. The van der Waals surface area contributed by atoms with E-state index in [-0.39, 0.29) is 0 Å². The van der Waals surface area contributed by atoms with E-state index in [0.717, 1.165) is 72.6 Å². The van der Waals surface area contributed by atoms with Crippen molar-refractivity contribution in [2.45, 2.75) is 0 Å². The van der Waals surface area contributed by atoms with Crippen LogP contribution in [0.2, 0.25) is 0 Å². The predicted molar refractivity (Wildman–Crippen MR) is 227 cm³/mol. The Balaban J connectivity index is 1.35. The molecule has 254 valence electrons. The van der Waals surface area contributed by atoms with E-state index in [1.807, 2.05) is 0 Å². The van der Waals surface area contributed by atoms with Crippen LogP contribution in [0.15, 0.2) is 212 Å². The fourth-order valence-corrected chi connectivity index (χ4v) is 7.88. The smallest absolute Gasteiger partial charge is 0.0789 e. The molecule has 0 saturated heterocycles. The maximum Gasteiger partial charge on any atom is 0.0789 e. The molecule has 0 aliphatic carbocycles. The van der Waals surface area contributed by atoms with Crippen LogP contribution in [0.3, 0.4) is 0 Å². The molecule has 2 aromatic heterocycles. The zero-order valence-electron chi connectivity index (χ0n) is 29.5. The zero-order chi connectivity index (χ0) is 35.8. The maximum absolute atomic E-state index is 5.46. The molecule has 0 atom stereocenters. The lowest BCUT2D eigenvalue weighted by Crippen LogP contribution is -2.11. The Morgan fingerprint density at radius 3 is 1.80 bits per heavy atom. The van der Waals surface area contributed by atoms with E-state index < -0.39 is 0 Å². The van der Waals surface area contributed by atoms with Gasteiger partial charge in [0.15, 0.2) is 0 Å². The summed E-state index contributed by atoms with van der Waals surface area (Å²) in [5, 5.41) is 3.48. The summed E-state index contributed by atoms with van der Waals surface area (Å²) >= 11 is 0. The van der Waals surface area contributed by atoms with Gasteiger partial charge in [-0.25, -0.2) is 4.98 Å². The molecule has 10 aromatic rings. The molecule has 2 heterocycles. The molecule has 3 heteroatoms. The average molecular weight is 690 g/mol. The van der Waals surface area contributed by atoms with Crippen LogP contribution in [0.5, 0.6) is 0 Å². The van der Waals surface area contributed by atoms with Gasteiger partial charge in [0.1, 0.15) is 0 Å². The van der Waals surface area contributed by atoms with Gasteiger partial charge < -0.3 is 9.47 Å². The minimum Gasteiger partial charge on any atom is -0.310 e. The molecule has 0 aliphatic rings. The van der Waals surface area contributed by atoms with E-state index in [2.05, 4.69) is 222 Å². The van der Waals surface area contributed by atoms with Gasteiger partial charge in [-0.15, -0.1) is 0 Å². The minimum absolute atomic E-state index is 0.943. The number of rotatable bonds is 7. The molecule has 0 unspecified atom stereocenters. The number of aromatic nitrogens is 2. The maximum atomic E-state index is 5.46. The molecule has 3 nitrogen and oxygen atoms in total. The summed E-state index contributed by atoms with van der Waals surface area (Å²) in [5.74, 6) is 0. The normalized spacial score (nSPS) is 11.3. The van der Waals surface area contributed by atoms with Crippen molar-refractivity contribution in [3.8, 4) is 39.2 Å². The molecule has 0 spiro atoms. The molecular weight excluding hydrogens is 655 g/mol. The van der Waals surface area contributed by atoms with Crippen LogP contribution < -0.4 is 4.90 Å². The Kier molecular flexibility index (Phi) is 7.81. The van der Waals surface area contributed by atoms with E-state index >= 15 is 0 Å². The van der Waals surface area contributed by atoms with E-state index in [0.29, 0.717) is 0 Å². The van der Waals surface area contributed by atoms with Crippen molar-refractivity contribution in [1.29, 1.82) is 0 Å². The van der Waals surface area contributed by atoms with Crippen molar-refractivity contribution >= 4 is 49.8 Å². The van der Waals surface area contributed by atoms with Crippen LogP contribution in [0.25, 0.3) is 71.9 Å². The summed E-state index contributed by atoms with van der Waals surface area (Å²) in [7, 11) is 0. The van der Waals surface area contributed by atoms with Gasteiger partial charge >= 0.3 is 0 Å². The van der Waals surface area contributed by atoms with E-state index in [1.54, 1.807) is 0 Å². The topological polar surface area (TPSA) is 21.1 Å². The first kappa shape index (κ1) is 31.5. The number of hydrogen-bond donors (Lipinski definition) is 0. The first-order chi connectivity index (χ1) is 26.8. The van der Waals surface area contributed by atoms with Gasteiger partial charge in [0, 0.05) is 44.3 Å². The summed E-state index contributed by atoms with van der Waals surface area (Å²) in [6.45, 7) is 0. The van der Waals surface area contributed by atoms with Crippen molar-refractivity contribution in [1.82, 2.24) is 9.55 Å². The van der Waals surface area contributed by atoms with Crippen molar-refractivity contribution < 1.29 is 0 Å². The number of nitrogens with zero attached hydrogens (tertiary/aromatic N) is 3. The highest BCUT2D eigenvalue weighted by Gasteiger charge is 2.24. The second-order valence-electron chi connectivity index (χ2n) is 13.6. The summed E-state index contributed by atoms with van der Waals surface area (Å²) in [6.07, 6.45) is 0. The van der Waals surface area contributed by atoms with Gasteiger partial charge in [-0.05, 0) is 83.4 Å². The summed E-state index contributed by atoms with van der Waals surface area (Å²) in [4.78, 5) is 7.88. The van der Waals surface area contributed by atoms with Gasteiger partial charge in [-0.2, -0.15) is 0 Å². The Labute approximate surface area is 314 Å². The van der Waals surface area contributed by atoms with Crippen LogP contribution >= 0.6 is 0 Å². The molecule has 0 fully saturated rings. The van der Waals surface area contributed by atoms with E-state index in [1.165, 1.54) is 16.3 Å². The van der Waals surface area contributed by atoms with E-state index in [4.69, 9.17) is 4.98 Å². The number of fused-ring (bicyclic) bond motifs is 4. The highest BCUT2D eigenvalue weighted by Crippen LogP contribution is 2.47. The summed E-state index contributed by atoms with van der Waals surface area (Å²) in [6, 6.07) is 75.8. The minimum atomic E-state index is 0.943. The van der Waals surface area contributed by atoms with Gasteiger partial charge in [0.05, 0.1) is 27.9 Å². The standard InChI is InChI=1S/C51H35N3/c1-5-18-36(19-6-1)38-23-17-28-43(32-38)53(41-24-9-3-10-25-41)48-34-40(51-45(37-20-7-2-8-21-37)33-39-22-13-15-30-46(39)52-51)35-49-50(48)44-29-14-16-31-47(44)54(49)42-26-11-4-12-27-42/h1-35H. The number of anilines is 3. The van der Waals surface area contributed by atoms with Crippen LogP contribution in [0.4, 0.5) is 17.1 Å². The fourth-order valence-electron chi connectivity index (χ4n) is 7.88. The Bertz CT molecular complexity index is 2920. The van der Waals surface area contributed by atoms with Gasteiger partial charge in [0.25, 0.3) is 0 Å². The second kappa shape index (κ2) is 13.4. The first-order valence-corrected chi connectivity index (χ1v) is 18.4. The van der Waals surface area contributed by atoms with Crippen LogP contribution in [0, 0.1) is 0 Å². The first-order valence-electron chi connectivity index (χ1n) is 18.4. The second-order valence-corrected chi connectivity index (χ2v) is 13.6. The molecule has 8 aromatic carbocycles. The van der Waals surface area contributed by atoms with Gasteiger partial charge in [-0.1, -0.05) is 146 Å². The number of pyridine rings is 1. The summed E-state index contributed by atoms with van der Waals surface area (Å²) in [5.41, 5.74) is 14.1. The Morgan fingerprint density at radius 2 is 1.02 bits per heavy atom.